The van der Waals surface area contributed by atoms with E-state index >= 15 is 0 Å². The van der Waals surface area contributed by atoms with Crippen molar-refractivity contribution in [3.05, 3.63) is 35.4 Å². The van der Waals surface area contributed by atoms with Crippen molar-refractivity contribution in [3.8, 4) is 0 Å². The maximum absolute atomic E-state index is 12.2. The van der Waals surface area contributed by atoms with Crippen LogP contribution in [0.1, 0.15) is 49.5 Å². The summed E-state index contributed by atoms with van der Waals surface area (Å²) < 4.78 is 0. The SMILES string of the molecule is CCN(CC)C(=O)c1ccc(CNC(=O)CCC(C)N)cc1.Cl. The molecule has 1 rings (SSSR count). The van der Waals surface area contributed by atoms with Gasteiger partial charge in [0, 0.05) is 37.7 Å². The van der Waals surface area contributed by atoms with Crippen LogP contribution in [0.25, 0.3) is 0 Å². The highest BCUT2D eigenvalue weighted by atomic mass is 35.5. The summed E-state index contributed by atoms with van der Waals surface area (Å²) >= 11 is 0. The van der Waals surface area contributed by atoms with Gasteiger partial charge in [-0.2, -0.15) is 0 Å². The van der Waals surface area contributed by atoms with E-state index in [2.05, 4.69) is 5.32 Å². The maximum atomic E-state index is 12.2. The number of rotatable bonds is 8. The maximum Gasteiger partial charge on any atom is 0.253 e. The van der Waals surface area contributed by atoms with Gasteiger partial charge >= 0.3 is 0 Å². The number of amides is 2. The van der Waals surface area contributed by atoms with Crippen molar-refractivity contribution in [2.75, 3.05) is 13.1 Å². The van der Waals surface area contributed by atoms with Crippen LogP contribution in [0.3, 0.4) is 0 Å². The molecule has 0 spiro atoms. The Bertz CT molecular complexity index is 485. The van der Waals surface area contributed by atoms with Crippen LogP contribution in [-0.4, -0.2) is 35.8 Å². The zero-order valence-corrected chi connectivity index (χ0v) is 15.0. The van der Waals surface area contributed by atoms with E-state index in [4.69, 9.17) is 5.73 Å². The molecular formula is C17H28ClN3O2. The van der Waals surface area contributed by atoms with E-state index in [1.807, 2.05) is 45.0 Å². The molecule has 0 radical (unpaired) electrons. The lowest BCUT2D eigenvalue weighted by Crippen LogP contribution is -2.30. The Balaban J connectivity index is 0.00000484. The Morgan fingerprint density at radius 3 is 2.22 bits per heavy atom. The first-order chi connectivity index (χ1) is 10.5. The van der Waals surface area contributed by atoms with E-state index in [1.165, 1.54) is 0 Å². The summed E-state index contributed by atoms with van der Waals surface area (Å²) in [5.74, 6) is 0.0399. The summed E-state index contributed by atoms with van der Waals surface area (Å²) in [6.07, 6.45) is 1.12. The second-order valence-corrected chi connectivity index (χ2v) is 5.47. The Hall–Kier alpha value is -1.59. The minimum atomic E-state index is 0. The fraction of sp³-hybridized carbons (Fsp3) is 0.529. The Morgan fingerprint density at radius 2 is 1.74 bits per heavy atom. The van der Waals surface area contributed by atoms with E-state index in [0.717, 1.165) is 5.56 Å². The van der Waals surface area contributed by atoms with Crippen molar-refractivity contribution in [2.45, 2.75) is 46.2 Å². The molecule has 1 atom stereocenters. The number of nitrogens with one attached hydrogen (secondary N) is 1. The van der Waals surface area contributed by atoms with E-state index in [0.29, 0.717) is 38.0 Å². The molecule has 6 heteroatoms. The fourth-order valence-electron chi connectivity index (χ4n) is 2.11. The highest BCUT2D eigenvalue weighted by Gasteiger charge is 2.12. The molecule has 130 valence electrons. The van der Waals surface area contributed by atoms with Crippen LogP contribution >= 0.6 is 12.4 Å². The molecule has 3 N–H and O–H groups in total. The van der Waals surface area contributed by atoms with Crippen molar-refractivity contribution in [2.24, 2.45) is 5.73 Å². The first-order valence-corrected chi connectivity index (χ1v) is 7.88. The number of carbonyl (C=O) groups is 2. The van der Waals surface area contributed by atoms with Crippen molar-refractivity contribution in [1.29, 1.82) is 0 Å². The van der Waals surface area contributed by atoms with Crippen LogP contribution in [0.15, 0.2) is 24.3 Å². The van der Waals surface area contributed by atoms with E-state index in [-0.39, 0.29) is 30.3 Å². The minimum Gasteiger partial charge on any atom is -0.352 e. The minimum absolute atomic E-state index is 0. The number of benzene rings is 1. The number of nitrogens with two attached hydrogens (primary N) is 1. The Kier molecular flexibility index (Phi) is 10.3. The van der Waals surface area contributed by atoms with Crippen LogP contribution in [0.2, 0.25) is 0 Å². The van der Waals surface area contributed by atoms with Gasteiger partial charge in [-0.05, 0) is 44.9 Å². The second-order valence-electron chi connectivity index (χ2n) is 5.47. The predicted molar refractivity (Wildman–Crippen MR) is 95.7 cm³/mol. The smallest absolute Gasteiger partial charge is 0.253 e. The molecule has 0 bridgehead atoms. The number of hydrogen-bond acceptors (Lipinski definition) is 3. The van der Waals surface area contributed by atoms with E-state index in [1.54, 1.807) is 4.90 Å². The standard InChI is InChI=1S/C17H27N3O2.ClH/c1-4-20(5-2)17(22)15-9-7-14(8-10-15)12-19-16(21)11-6-13(3)18;/h7-10,13H,4-6,11-12,18H2,1-3H3,(H,19,21);1H. The monoisotopic (exact) mass is 341 g/mol. The molecule has 2 amide bonds. The quantitative estimate of drug-likeness (QED) is 0.762. The van der Waals surface area contributed by atoms with Crippen LogP contribution < -0.4 is 11.1 Å². The fourth-order valence-corrected chi connectivity index (χ4v) is 2.11. The summed E-state index contributed by atoms with van der Waals surface area (Å²) in [6.45, 7) is 7.69. The van der Waals surface area contributed by atoms with Gasteiger partial charge in [-0.1, -0.05) is 12.1 Å². The molecule has 1 unspecified atom stereocenters. The average molecular weight is 342 g/mol. The first kappa shape index (κ1) is 21.4. The van der Waals surface area contributed by atoms with Gasteiger partial charge in [-0.3, -0.25) is 9.59 Å². The number of halogens is 1. The van der Waals surface area contributed by atoms with Gasteiger partial charge < -0.3 is 16.0 Å². The lowest BCUT2D eigenvalue weighted by Gasteiger charge is -2.18. The lowest BCUT2D eigenvalue weighted by atomic mass is 10.1. The summed E-state index contributed by atoms with van der Waals surface area (Å²) in [5, 5.41) is 2.86. The highest BCUT2D eigenvalue weighted by molar-refractivity contribution is 5.94. The third-order valence-corrected chi connectivity index (χ3v) is 3.57. The third kappa shape index (κ3) is 7.48. The molecular weight excluding hydrogens is 314 g/mol. The molecule has 0 aliphatic carbocycles. The van der Waals surface area contributed by atoms with Gasteiger partial charge in [0.25, 0.3) is 5.91 Å². The Labute approximate surface area is 145 Å². The molecule has 1 aromatic rings. The second kappa shape index (κ2) is 11.0. The van der Waals surface area contributed by atoms with Crippen LogP contribution in [-0.2, 0) is 11.3 Å². The zero-order valence-electron chi connectivity index (χ0n) is 14.2. The molecule has 5 nitrogen and oxygen atoms in total. The summed E-state index contributed by atoms with van der Waals surface area (Å²) in [5.41, 5.74) is 7.28. The largest absolute Gasteiger partial charge is 0.352 e. The molecule has 0 saturated carbocycles. The Morgan fingerprint density at radius 1 is 1.17 bits per heavy atom. The molecule has 0 heterocycles. The van der Waals surface area contributed by atoms with E-state index < -0.39 is 0 Å². The third-order valence-electron chi connectivity index (χ3n) is 3.57. The van der Waals surface area contributed by atoms with Crippen molar-refractivity contribution >= 4 is 24.2 Å². The molecule has 0 fully saturated rings. The van der Waals surface area contributed by atoms with Crippen molar-refractivity contribution in [3.63, 3.8) is 0 Å². The summed E-state index contributed by atoms with van der Waals surface area (Å²) in [4.78, 5) is 25.6. The molecule has 0 saturated heterocycles. The van der Waals surface area contributed by atoms with Gasteiger partial charge in [-0.15, -0.1) is 12.4 Å². The normalized spacial score (nSPS) is 11.3. The first-order valence-electron chi connectivity index (χ1n) is 7.88. The molecule has 0 aliphatic rings. The predicted octanol–water partition coefficient (Wildman–Crippen LogP) is 2.33. The number of hydrogen-bond donors (Lipinski definition) is 2. The van der Waals surface area contributed by atoms with Crippen molar-refractivity contribution in [1.82, 2.24) is 10.2 Å². The van der Waals surface area contributed by atoms with Gasteiger partial charge in [0.05, 0.1) is 0 Å². The van der Waals surface area contributed by atoms with Gasteiger partial charge in [0.2, 0.25) is 5.91 Å². The summed E-state index contributed by atoms with van der Waals surface area (Å²) in [7, 11) is 0. The molecule has 1 aromatic carbocycles. The van der Waals surface area contributed by atoms with Crippen LogP contribution in [0.4, 0.5) is 0 Å². The lowest BCUT2D eigenvalue weighted by molar-refractivity contribution is -0.121. The van der Waals surface area contributed by atoms with Gasteiger partial charge in [0.15, 0.2) is 0 Å². The molecule has 23 heavy (non-hydrogen) atoms. The summed E-state index contributed by atoms with van der Waals surface area (Å²) in [6, 6.07) is 7.41. The van der Waals surface area contributed by atoms with Crippen LogP contribution in [0, 0.1) is 0 Å². The number of carbonyl (C=O) groups excluding carboxylic acids is 2. The van der Waals surface area contributed by atoms with E-state index in [9.17, 15) is 9.59 Å². The van der Waals surface area contributed by atoms with Gasteiger partial charge in [-0.25, -0.2) is 0 Å². The van der Waals surface area contributed by atoms with Gasteiger partial charge in [0.1, 0.15) is 0 Å². The number of nitrogens with zero attached hydrogens (tertiary/aromatic N) is 1. The average Bonchev–Trinajstić information content (AvgIpc) is 2.52. The van der Waals surface area contributed by atoms with Crippen molar-refractivity contribution < 1.29 is 9.59 Å². The molecule has 0 aliphatic heterocycles. The zero-order chi connectivity index (χ0) is 16.5. The highest BCUT2D eigenvalue weighted by Crippen LogP contribution is 2.08. The molecule has 0 aromatic heterocycles. The van der Waals surface area contributed by atoms with Crippen LogP contribution in [0.5, 0.6) is 0 Å². The topological polar surface area (TPSA) is 75.4 Å².